The Morgan fingerprint density at radius 1 is 1.32 bits per heavy atom. The second-order valence-corrected chi connectivity index (χ2v) is 3.97. The third-order valence-corrected chi connectivity index (χ3v) is 2.37. The van der Waals surface area contributed by atoms with E-state index >= 15 is 0 Å². The number of amides is 1. The number of carboxylic acids is 1. The van der Waals surface area contributed by atoms with Gasteiger partial charge < -0.3 is 10.4 Å². The minimum absolute atomic E-state index is 0.0473. The molecule has 1 amide bonds. The molecule has 0 spiro atoms. The lowest BCUT2D eigenvalue weighted by molar-refractivity contribution is -0.136. The van der Waals surface area contributed by atoms with Gasteiger partial charge in [0.15, 0.2) is 0 Å². The Hall–Kier alpha value is -2.70. The third kappa shape index (κ3) is 3.38. The molecular weight excluding hydrogens is 248 g/mol. The molecule has 0 bridgehead atoms. The number of anilines is 1. The lowest BCUT2D eigenvalue weighted by Crippen LogP contribution is -2.13. The van der Waals surface area contributed by atoms with E-state index in [9.17, 15) is 9.59 Å². The molecule has 1 aromatic carbocycles. The van der Waals surface area contributed by atoms with Crippen LogP contribution in [0.5, 0.6) is 0 Å². The average Bonchev–Trinajstić information content (AvgIpc) is 2.78. The summed E-state index contributed by atoms with van der Waals surface area (Å²) in [6.45, 7) is 1.70. The number of carbonyl (C=O) groups is 2. The zero-order valence-corrected chi connectivity index (χ0v) is 10.2. The number of aryl methyl sites for hydroxylation is 1. The van der Waals surface area contributed by atoms with Crippen LogP contribution in [0.2, 0.25) is 0 Å². The molecule has 0 saturated carbocycles. The number of nitrogens with zero attached hydrogens (tertiary/aromatic N) is 2. The molecule has 2 aromatic rings. The van der Waals surface area contributed by atoms with E-state index in [1.54, 1.807) is 31.2 Å². The van der Waals surface area contributed by atoms with Gasteiger partial charge in [-0.05, 0) is 24.6 Å². The summed E-state index contributed by atoms with van der Waals surface area (Å²) in [4.78, 5) is 26.2. The molecule has 2 rings (SSSR count). The second kappa shape index (κ2) is 5.30. The Kier molecular flexibility index (Phi) is 3.56. The van der Waals surface area contributed by atoms with Crippen LogP contribution >= 0.6 is 0 Å². The van der Waals surface area contributed by atoms with Gasteiger partial charge in [-0.1, -0.05) is 12.1 Å². The molecule has 3 N–H and O–H groups in total. The van der Waals surface area contributed by atoms with Crippen molar-refractivity contribution in [3.8, 4) is 0 Å². The molecule has 0 fully saturated rings. The fourth-order valence-electron chi connectivity index (χ4n) is 1.51. The van der Waals surface area contributed by atoms with Gasteiger partial charge in [-0.25, -0.2) is 4.98 Å². The minimum Gasteiger partial charge on any atom is -0.481 e. The lowest BCUT2D eigenvalue weighted by atomic mass is 10.1. The van der Waals surface area contributed by atoms with Crippen molar-refractivity contribution >= 4 is 17.6 Å². The van der Waals surface area contributed by atoms with Crippen LogP contribution < -0.4 is 5.32 Å². The SMILES string of the molecule is Cc1nc(C(=O)Nc2ccc(CC(=O)O)cc2)n[nH]1. The van der Waals surface area contributed by atoms with Crippen molar-refractivity contribution in [1.82, 2.24) is 15.2 Å². The molecule has 0 atom stereocenters. The van der Waals surface area contributed by atoms with Crippen LogP contribution in [0.25, 0.3) is 0 Å². The van der Waals surface area contributed by atoms with Gasteiger partial charge in [-0.15, -0.1) is 5.10 Å². The summed E-state index contributed by atoms with van der Waals surface area (Å²) in [5.41, 5.74) is 1.22. The summed E-state index contributed by atoms with van der Waals surface area (Å²) >= 11 is 0. The number of hydrogen-bond donors (Lipinski definition) is 3. The topological polar surface area (TPSA) is 108 Å². The van der Waals surface area contributed by atoms with E-state index in [1.807, 2.05) is 0 Å². The standard InChI is InChI=1S/C12H12N4O3/c1-7-13-11(16-15-7)12(19)14-9-4-2-8(3-5-9)6-10(17)18/h2-5H,6H2,1H3,(H,14,19)(H,17,18)(H,13,15,16). The first-order valence-corrected chi connectivity index (χ1v) is 5.55. The zero-order valence-electron chi connectivity index (χ0n) is 10.2. The maximum Gasteiger partial charge on any atom is 0.307 e. The number of carboxylic acid groups (broad SMARTS) is 1. The normalized spacial score (nSPS) is 10.2. The molecule has 0 unspecified atom stereocenters. The molecule has 0 saturated heterocycles. The molecule has 0 aliphatic heterocycles. The van der Waals surface area contributed by atoms with E-state index in [1.165, 1.54) is 0 Å². The summed E-state index contributed by atoms with van der Waals surface area (Å²) in [5.74, 6) is -0.697. The predicted octanol–water partition coefficient (Wildman–Crippen LogP) is 0.993. The first kappa shape index (κ1) is 12.7. The Bertz CT molecular complexity index is 604. The quantitative estimate of drug-likeness (QED) is 0.759. The monoisotopic (exact) mass is 260 g/mol. The highest BCUT2D eigenvalue weighted by molar-refractivity contribution is 6.01. The van der Waals surface area contributed by atoms with Crippen molar-refractivity contribution in [2.45, 2.75) is 13.3 Å². The maximum atomic E-state index is 11.7. The van der Waals surface area contributed by atoms with Gasteiger partial charge in [0.1, 0.15) is 5.82 Å². The van der Waals surface area contributed by atoms with E-state index in [-0.39, 0.29) is 12.2 Å². The van der Waals surface area contributed by atoms with E-state index in [0.29, 0.717) is 17.1 Å². The molecule has 0 aliphatic carbocycles. The highest BCUT2D eigenvalue weighted by Gasteiger charge is 2.11. The molecule has 1 aromatic heterocycles. The van der Waals surface area contributed by atoms with Crippen molar-refractivity contribution in [3.05, 3.63) is 41.5 Å². The Balaban J connectivity index is 2.03. The molecule has 98 valence electrons. The van der Waals surface area contributed by atoms with Crippen molar-refractivity contribution < 1.29 is 14.7 Å². The maximum absolute atomic E-state index is 11.7. The van der Waals surface area contributed by atoms with Crippen LogP contribution in [-0.4, -0.2) is 32.2 Å². The van der Waals surface area contributed by atoms with Gasteiger partial charge in [0.25, 0.3) is 5.91 Å². The Morgan fingerprint density at radius 2 is 2.00 bits per heavy atom. The van der Waals surface area contributed by atoms with Crippen LogP contribution in [0, 0.1) is 6.92 Å². The lowest BCUT2D eigenvalue weighted by Gasteiger charge is -2.03. The summed E-state index contributed by atoms with van der Waals surface area (Å²) in [7, 11) is 0. The first-order valence-electron chi connectivity index (χ1n) is 5.55. The van der Waals surface area contributed by atoms with Gasteiger partial charge >= 0.3 is 5.97 Å². The number of nitrogens with one attached hydrogen (secondary N) is 2. The molecule has 7 nitrogen and oxygen atoms in total. The van der Waals surface area contributed by atoms with Crippen LogP contribution in [0.4, 0.5) is 5.69 Å². The summed E-state index contributed by atoms with van der Waals surface area (Å²) in [5, 5.41) is 17.6. The molecule has 0 radical (unpaired) electrons. The highest BCUT2D eigenvalue weighted by atomic mass is 16.4. The number of aromatic amines is 1. The largest absolute Gasteiger partial charge is 0.481 e. The van der Waals surface area contributed by atoms with E-state index in [4.69, 9.17) is 5.11 Å². The Morgan fingerprint density at radius 3 is 2.53 bits per heavy atom. The third-order valence-electron chi connectivity index (χ3n) is 2.37. The van der Waals surface area contributed by atoms with Crippen molar-refractivity contribution in [1.29, 1.82) is 0 Å². The number of carbonyl (C=O) groups excluding carboxylic acids is 1. The number of H-pyrrole nitrogens is 1. The smallest absolute Gasteiger partial charge is 0.307 e. The number of aliphatic carboxylic acids is 1. The van der Waals surface area contributed by atoms with Crippen molar-refractivity contribution in [2.75, 3.05) is 5.32 Å². The number of hydrogen-bond acceptors (Lipinski definition) is 4. The van der Waals surface area contributed by atoms with Crippen LogP contribution in [0.3, 0.4) is 0 Å². The summed E-state index contributed by atoms with van der Waals surface area (Å²) in [6, 6.07) is 6.56. The number of rotatable bonds is 4. The molecule has 0 aliphatic rings. The summed E-state index contributed by atoms with van der Waals surface area (Å²) < 4.78 is 0. The first-order chi connectivity index (χ1) is 9.04. The van der Waals surface area contributed by atoms with E-state index in [2.05, 4.69) is 20.5 Å². The van der Waals surface area contributed by atoms with Crippen molar-refractivity contribution in [3.63, 3.8) is 0 Å². The van der Waals surface area contributed by atoms with Crippen molar-refractivity contribution in [2.24, 2.45) is 0 Å². The fraction of sp³-hybridized carbons (Fsp3) is 0.167. The fourth-order valence-corrected chi connectivity index (χ4v) is 1.51. The van der Waals surface area contributed by atoms with Crippen LogP contribution in [0.15, 0.2) is 24.3 Å². The minimum atomic E-state index is -0.895. The van der Waals surface area contributed by atoms with E-state index in [0.717, 1.165) is 0 Å². The molecule has 1 heterocycles. The highest BCUT2D eigenvalue weighted by Crippen LogP contribution is 2.11. The second-order valence-electron chi connectivity index (χ2n) is 3.97. The van der Waals surface area contributed by atoms with Crippen LogP contribution in [-0.2, 0) is 11.2 Å². The van der Waals surface area contributed by atoms with Crippen LogP contribution in [0.1, 0.15) is 22.0 Å². The zero-order chi connectivity index (χ0) is 13.8. The van der Waals surface area contributed by atoms with Gasteiger partial charge in [0.05, 0.1) is 6.42 Å². The van der Waals surface area contributed by atoms with Gasteiger partial charge in [-0.3, -0.25) is 14.7 Å². The number of aromatic nitrogens is 3. The molecule has 7 heteroatoms. The predicted molar refractivity (Wildman–Crippen MR) is 66.9 cm³/mol. The number of benzene rings is 1. The molecule has 19 heavy (non-hydrogen) atoms. The average molecular weight is 260 g/mol. The van der Waals surface area contributed by atoms with E-state index < -0.39 is 11.9 Å². The molecular formula is C12H12N4O3. The Labute approximate surface area is 108 Å². The van der Waals surface area contributed by atoms with Gasteiger partial charge in [-0.2, -0.15) is 0 Å². The van der Waals surface area contributed by atoms with Gasteiger partial charge in [0.2, 0.25) is 5.82 Å². The van der Waals surface area contributed by atoms with Gasteiger partial charge in [0, 0.05) is 5.69 Å². The summed E-state index contributed by atoms with van der Waals surface area (Å²) in [6.07, 6.45) is -0.0473.